The first kappa shape index (κ1) is 15.2. The molecule has 1 aliphatic rings. The molecule has 4 nitrogen and oxygen atoms in total. The third-order valence-electron chi connectivity index (χ3n) is 3.70. The molecule has 2 rings (SSSR count). The third kappa shape index (κ3) is 4.44. The van der Waals surface area contributed by atoms with Crippen molar-refractivity contribution in [2.24, 2.45) is 0 Å². The monoisotopic (exact) mass is 277 g/mol. The molecule has 1 aromatic heterocycles. The number of hydrogen-bond acceptors (Lipinski definition) is 4. The SMILES string of the molecule is CCCNc1cc(C2CCCC2)nc(COCCC)n1. The van der Waals surface area contributed by atoms with Crippen molar-refractivity contribution in [3.8, 4) is 0 Å². The number of aromatic nitrogens is 2. The molecule has 20 heavy (non-hydrogen) atoms. The highest BCUT2D eigenvalue weighted by molar-refractivity contribution is 5.37. The lowest BCUT2D eigenvalue weighted by Gasteiger charge is -2.13. The maximum absolute atomic E-state index is 5.59. The molecule has 1 aromatic rings. The molecule has 0 atom stereocenters. The van der Waals surface area contributed by atoms with Crippen molar-refractivity contribution in [2.45, 2.75) is 64.9 Å². The van der Waals surface area contributed by atoms with Gasteiger partial charge in [-0.15, -0.1) is 0 Å². The van der Waals surface area contributed by atoms with E-state index in [-0.39, 0.29) is 0 Å². The molecule has 0 spiro atoms. The van der Waals surface area contributed by atoms with Crippen LogP contribution in [-0.4, -0.2) is 23.1 Å². The molecule has 4 heteroatoms. The largest absolute Gasteiger partial charge is 0.373 e. The number of anilines is 1. The summed E-state index contributed by atoms with van der Waals surface area (Å²) in [5.41, 5.74) is 1.20. The molecule has 0 saturated heterocycles. The first-order chi connectivity index (χ1) is 9.83. The van der Waals surface area contributed by atoms with E-state index < -0.39 is 0 Å². The zero-order chi connectivity index (χ0) is 14.2. The summed E-state index contributed by atoms with van der Waals surface area (Å²) in [4.78, 5) is 9.29. The first-order valence-corrected chi connectivity index (χ1v) is 8.03. The van der Waals surface area contributed by atoms with Crippen molar-refractivity contribution in [1.29, 1.82) is 0 Å². The van der Waals surface area contributed by atoms with E-state index in [0.29, 0.717) is 12.5 Å². The van der Waals surface area contributed by atoms with E-state index in [1.807, 2.05) is 0 Å². The van der Waals surface area contributed by atoms with Gasteiger partial charge in [-0.2, -0.15) is 0 Å². The van der Waals surface area contributed by atoms with Crippen molar-refractivity contribution in [2.75, 3.05) is 18.5 Å². The van der Waals surface area contributed by atoms with Gasteiger partial charge in [-0.1, -0.05) is 26.7 Å². The van der Waals surface area contributed by atoms with E-state index in [9.17, 15) is 0 Å². The summed E-state index contributed by atoms with van der Waals surface area (Å²) in [7, 11) is 0. The smallest absolute Gasteiger partial charge is 0.156 e. The lowest BCUT2D eigenvalue weighted by atomic mass is 10.0. The highest BCUT2D eigenvalue weighted by Crippen LogP contribution is 2.33. The zero-order valence-electron chi connectivity index (χ0n) is 12.8. The average molecular weight is 277 g/mol. The average Bonchev–Trinajstić information content (AvgIpc) is 2.99. The second-order valence-corrected chi connectivity index (χ2v) is 5.56. The van der Waals surface area contributed by atoms with E-state index in [4.69, 9.17) is 9.72 Å². The lowest BCUT2D eigenvalue weighted by Crippen LogP contribution is -2.10. The van der Waals surface area contributed by atoms with E-state index in [1.165, 1.54) is 31.4 Å². The van der Waals surface area contributed by atoms with E-state index in [1.54, 1.807) is 0 Å². The van der Waals surface area contributed by atoms with Gasteiger partial charge in [-0.3, -0.25) is 0 Å². The van der Waals surface area contributed by atoms with Crippen LogP contribution in [0.5, 0.6) is 0 Å². The molecule has 0 unspecified atom stereocenters. The van der Waals surface area contributed by atoms with Crippen molar-refractivity contribution >= 4 is 5.82 Å². The molecule has 1 aliphatic carbocycles. The van der Waals surface area contributed by atoms with Gasteiger partial charge in [-0.05, 0) is 25.7 Å². The van der Waals surface area contributed by atoms with Crippen LogP contribution >= 0.6 is 0 Å². The van der Waals surface area contributed by atoms with Crippen LogP contribution in [0.15, 0.2) is 6.07 Å². The Bertz CT molecular complexity index is 403. The van der Waals surface area contributed by atoms with Gasteiger partial charge in [0.15, 0.2) is 5.82 Å². The summed E-state index contributed by atoms with van der Waals surface area (Å²) in [6, 6.07) is 2.13. The molecule has 112 valence electrons. The van der Waals surface area contributed by atoms with E-state index in [0.717, 1.165) is 37.6 Å². The van der Waals surface area contributed by atoms with Crippen LogP contribution in [0.2, 0.25) is 0 Å². The number of rotatable bonds is 8. The summed E-state index contributed by atoms with van der Waals surface area (Å²) in [6.07, 6.45) is 7.31. The van der Waals surface area contributed by atoms with Crippen LogP contribution in [-0.2, 0) is 11.3 Å². The molecule has 0 aromatic carbocycles. The van der Waals surface area contributed by atoms with Crippen LogP contribution in [0.1, 0.15) is 69.8 Å². The number of hydrogen-bond donors (Lipinski definition) is 1. The predicted molar refractivity (Wildman–Crippen MR) is 82.0 cm³/mol. The predicted octanol–water partition coefficient (Wildman–Crippen LogP) is 3.88. The maximum atomic E-state index is 5.59. The minimum Gasteiger partial charge on any atom is -0.373 e. The molecule has 1 heterocycles. The van der Waals surface area contributed by atoms with Gasteiger partial charge in [0, 0.05) is 30.8 Å². The summed E-state index contributed by atoms with van der Waals surface area (Å²) in [5.74, 6) is 2.39. The summed E-state index contributed by atoms with van der Waals surface area (Å²) in [5, 5.41) is 3.38. The van der Waals surface area contributed by atoms with Gasteiger partial charge in [0.05, 0.1) is 0 Å². The number of nitrogens with one attached hydrogen (secondary N) is 1. The quantitative estimate of drug-likeness (QED) is 0.732. The second-order valence-electron chi connectivity index (χ2n) is 5.56. The van der Waals surface area contributed by atoms with E-state index >= 15 is 0 Å². The minimum atomic E-state index is 0.523. The van der Waals surface area contributed by atoms with Crippen LogP contribution in [0, 0.1) is 0 Å². The third-order valence-corrected chi connectivity index (χ3v) is 3.70. The molecule has 0 amide bonds. The molecule has 1 saturated carbocycles. The lowest BCUT2D eigenvalue weighted by molar-refractivity contribution is 0.116. The highest BCUT2D eigenvalue weighted by Gasteiger charge is 2.20. The number of ether oxygens (including phenoxy) is 1. The summed E-state index contributed by atoms with van der Waals surface area (Å²) in [6.45, 7) is 6.53. The van der Waals surface area contributed by atoms with Crippen LogP contribution in [0.3, 0.4) is 0 Å². The van der Waals surface area contributed by atoms with Gasteiger partial charge >= 0.3 is 0 Å². The Kier molecular flexibility index (Phi) is 6.25. The fraction of sp³-hybridized carbons (Fsp3) is 0.750. The maximum Gasteiger partial charge on any atom is 0.156 e. The normalized spacial score (nSPS) is 15.7. The van der Waals surface area contributed by atoms with Gasteiger partial charge in [0.25, 0.3) is 0 Å². The molecule has 0 aliphatic heterocycles. The Morgan fingerprint density at radius 3 is 2.70 bits per heavy atom. The Morgan fingerprint density at radius 2 is 2.00 bits per heavy atom. The molecular formula is C16H27N3O. The second kappa shape index (κ2) is 8.20. The van der Waals surface area contributed by atoms with Gasteiger partial charge in [-0.25, -0.2) is 9.97 Å². The fourth-order valence-electron chi connectivity index (χ4n) is 2.66. The minimum absolute atomic E-state index is 0.523. The highest BCUT2D eigenvalue weighted by atomic mass is 16.5. The fourth-order valence-corrected chi connectivity index (χ4v) is 2.66. The molecular weight excluding hydrogens is 250 g/mol. The van der Waals surface area contributed by atoms with Gasteiger partial charge in [0.2, 0.25) is 0 Å². The van der Waals surface area contributed by atoms with Crippen molar-refractivity contribution < 1.29 is 4.74 Å². The van der Waals surface area contributed by atoms with Crippen LogP contribution in [0.4, 0.5) is 5.82 Å². The summed E-state index contributed by atoms with van der Waals surface area (Å²) >= 11 is 0. The van der Waals surface area contributed by atoms with Gasteiger partial charge in [0.1, 0.15) is 12.4 Å². The molecule has 1 N–H and O–H groups in total. The standard InChI is InChI=1S/C16H27N3O/c1-3-9-17-15-11-14(13-7-5-6-8-13)18-16(19-15)12-20-10-4-2/h11,13H,3-10,12H2,1-2H3,(H,17,18,19). The van der Waals surface area contributed by atoms with E-state index in [2.05, 4.69) is 30.2 Å². The Morgan fingerprint density at radius 1 is 1.20 bits per heavy atom. The Labute approximate surface area is 122 Å². The van der Waals surface area contributed by atoms with Gasteiger partial charge < -0.3 is 10.1 Å². The molecule has 0 radical (unpaired) electrons. The van der Waals surface area contributed by atoms with Crippen molar-refractivity contribution in [3.63, 3.8) is 0 Å². The molecule has 0 bridgehead atoms. The Balaban J connectivity index is 2.09. The van der Waals surface area contributed by atoms with Crippen LogP contribution < -0.4 is 5.32 Å². The summed E-state index contributed by atoms with van der Waals surface area (Å²) < 4.78 is 5.59. The van der Waals surface area contributed by atoms with Crippen LogP contribution in [0.25, 0.3) is 0 Å². The molecule has 1 fully saturated rings. The topological polar surface area (TPSA) is 47.0 Å². The zero-order valence-corrected chi connectivity index (χ0v) is 12.8. The van der Waals surface area contributed by atoms with Crippen molar-refractivity contribution in [3.05, 3.63) is 17.6 Å². The first-order valence-electron chi connectivity index (χ1n) is 8.03. The Hall–Kier alpha value is -1.16. The van der Waals surface area contributed by atoms with Crippen molar-refractivity contribution in [1.82, 2.24) is 9.97 Å². The number of nitrogens with zero attached hydrogens (tertiary/aromatic N) is 2.